The number of benzene rings is 7. The van der Waals surface area contributed by atoms with Gasteiger partial charge in [-0.3, -0.25) is 5.41 Å². The second kappa shape index (κ2) is 12.3. The topological polar surface area (TPSA) is 66.6 Å². The Bertz CT molecular complexity index is 2750. The number of hydrogen-bond acceptors (Lipinski definition) is 2. The number of nitrogens with one attached hydrogen (secondary N) is 1. The minimum atomic E-state index is 0.117. The molecule has 0 atom stereocenters. The first-order chi connectivity index (χ1) is 24.7. The van der Waals surface area contributed by atoms with Gasteiger partial charge in [-0.05, 0) is 47.0 Å². The largest absolute Gasteiger partial charge is 0.456 e. The van der Waals surface area contributed by atoms with Crippen molar-refractivity contribution in [3.8, 4) is 16.8 Å². The molecular formula is C45H30N4O. The zero-order valence-corrected chi connectivity index (χ0v) is 27.0. The fourth-order valence-corrected chi connectivity index (χ4v) is 6.77. The van der Waals surface area contributed by atoms with Crippen LogP contribution in [-0.2, 0) is 0 Å². The molecule has 0 unspecified atom stereocenters. The van der Waals surface area contributed by atoms with Gasteiger partial charge in [0, 0.05) is 45.0 Å². The molecule has 0 bridgehead atoms. The highest BCUT2D eigenvalue weighted by Crippen LogP contribution is 2.38. The summed E-state index contributed by atoms with van der Waals surface area (Å²) in [4.78, 5) is 9.72. The number of aromatic nitrogens is 1. The Morgan fingerprint density at radius 1 is 0.540 bits per heavy atom. The lowest BCUT2D eigenvalue weighted by molar-refractivity contribution is 0.669. The first-order valence-electron chi connectivity index (χ1n) is 16.6. The van der Waals surface area contributed by atoms with E-state index in [1.807, 2.05) is 97.2 Å². The van der Waals surface area contributed by atoms with E-state index in [2.05, 4.69) is 83.4 Å². The number of amidine groups is 2. The lowest BCUT2D eigenvalue weighted by Gasteiger charge is -2.13. The van der Waals surface area contributed by atoms with Crippen LogP contribution in [0.2, 0.25) is 0 Å². The Kier molecular flexibility index (Phi) is 7.21. The molecule has 0 amide bonds. The van der Waals surface area contributed by atoms with Gasteiger partial charge in [0.1, 0.15) is 11.2 Å². The van der Waals surface area contributed by atoms with Crippen LogP contribution in [0.5, 0.6) is 0 Å². The van der Waals surface area contributed by atoms with Crippen LogP contribution in [0, 0.1) is 5.41 Å². The van der Waals surface area contributed by atoms with E-state index >= 15 is 0 Å². The molecule has 2 heterocycles. The van der Waals surface area contributed by atoms with Crippen molar-refractivity contribution in [2.75, 3.05) is 0 Å². The van der Waals surface area contributed by atoms with Crippen molar-refractivity contribution in [2.24, 2.45) is 9.98 Å². The van der Waals surface area contributed by atoms with Crippen molar-refractivity contribution in [2.45, 2.75) is 0 Å². The first kappa shape index (κ1) is 29.3. The number of furan rings is 1. The van der Waals surface area contributed by atoms with Crippen LogP contribution in [-0.4, -0.2) is 22.5 Å². The van der Waals surface area contributed by atoms with E-state index in [-0.39, 0.29) is 5.84 Å². The van der Waals surface area contributed by atoms with Gasteiger partial charge in [-0.15, -0.1) is 0 Å². The van der Waals surface area contributed by atoms with Crippen LogP contribution in [0.4, 0.5) is 0 Å². The molecule has 5 nitrogen and oxygen atoms in total. The average molecular weight is 643 g/mol. The SMILES string of the molecule is N=C(/N=C(\N=C\c1ccc(-c2ccccc2)cc1)c1ccccc1)c1ccccc1-n1c2ccccc2c2cc3c(cc21)oc1ccccc13. The number of aliphatic imine (C=N–C) groups is 2. The highest BCUT2D eigenvalue weighted by atomic mass is 16.3. The third kappa shape index (κ3) is 5.18. The molecule has 0 spiro atoms. The van der Waals surface area contributed by atoms with Gasteiger partial charge in [0.05, 0.1) is 16.7 Å². The van der Waals surface area contributed by atoms with Gasteiger partial charge in [-0.25, -0.2) is 9.98 Å². The molecule has 9 aromatic rings. The molecule has 1 N–H and O–H groups in total. The Labute approximate surface area is 288 Å². The van der Waals surface area contributed by atoms with Crippen LogP contribution < -0.4 is 0 Å². The van der Waals surface area contributed by atoms with Crippen molar-refractivity contribution in [1.82, 2.24) is 4.57 Å². The van der Waals surface area contributed by atoms with E-state index < -0.39 is 0 Å². The summed E-state index contributed by atoms with van der Waals surface area (Å²) in [5.41, 5.74) is 9.37. The first-order valence-corrected chi connectivity index (χ1v) is 16.6. The molecule has 236 valence electrons. The summed E-state index contributed by atoms with van der Waals surface area (Å²) in [7, 11) is 0. The number of rotatable bonds is 5. The summed E-state index contributed by atoms with van der Waals surface area (Å²) in [5, 5.41) is 13.8. The molecule has 0 saturated heterocycles. The second-order valence-electron chi connectivity index (χ2n) is 12.2. The van der Waals surface area contributed by atoms with Gasteiger partial charge >= 0.3 is 0 Å². The van der Waals surface area contributed by atoms with Gasteiger partial charge in [0.2, 0.25) is 0 Å². The van der Waals surface area contributed by atoms with Crippen LogP contribution in [0.15, 0.2) is 184 Å². The van der Waals surface area contributed by atoms with Crippen LogP contribution in [0.1, 0.15) is 16.7 Å². The van der Waals surface area contributed by atoms with Crippen molar-refractivity contribution < 1.29 is 4.42 Å². The molecule has 0 aliphatic rings. The van der Waals surface area contributed by atoms with E-state index in [1.165, 1.54) is 5.56 Å². The third-order valence-electron chi connectivity index (χ3n) is 9.17. The minimum absolute atomic E-state index is 0.117. The predicted octanol–water partition coefficient (Wildman–Crippen LogP) is 11.2. The molecular weight excluding hydrogens is 613 g/mol. The Morgan fingerprint density at radius 2 is 1.20 bits per heavy atom. The maximum absolute atomic E-state index is 9.39. The summed E-state index contributed by atoms with van der Waals surface area (Å²) in [6, 6.07) is 57.3. The molecule has 0 aliphatic heterocycles. The smallest absolute Gasteiger partial charge is 0.161 e. The standard InChI is InChI=1S/C45H30N4O/c46-44(48-45(33-15-5-2-6-16-33)47-29-30-23-25-32(26-24-30)31-13-3-1-4-14-31)36-19-8-11-21-40(36)49-39-20-10-7-17-34(39)37-27-38-35-18-9-12-22-42(35)50-43(38)28-41(37)49/h1-29,46H/b46-44?,47-29+,48-45-. The molecule has 7 aromatic carbocycles. The van der Waals surface area contributed by atoms with Crippen LogP contribution >= 0.6 is 0 Å². The maximum atomic E-state index is 9.39. The lowest BCUT2D eigenvalue weighted by Crippen LogP contribution is -2.08. The summed E-state index contributed by atoms with van der Waals surface area (Å²) in [6.45, 7) is 0. The Morgan fingerprint density at radius 3 is 2.02 bits per heavy atom. The predicted molar refractivity (Wildman–Crippen MR) is 207 cm³/mol. The summed E-state index contributed by atoms with van der Waals surface area (Å²) in [6.07, 6.45) is 1.81. The molecule has 5 heteroatoms. The zero-order valence-electron chi connectivity index (χ0n) is 27.0. The van der Waals surface area contributed by atoms with E-state index in [0.29, 0.717) is 11.4 Å². The van der Waals surface area contributed by atoms with Gasteiger partial charge in [0.25, 0.3) is 0 Å². The molecule has 0 saturated carbocycles. The highest BCUT2D eigenvalue weighted by Gasteiger charge is 2.19. The van der Waals surface area contributed by atoms with Crippen LogP contribution in [0.25, 0.3) is 60.6 Å². The number of nitrogens with zero attached hydrogens (tertiary/aromatic N) is 3. The molecule has 2 aromatic heterocycles. The summed E-state index contributed by atoms with van der Waals surface area (Å²) in [5.74, 6) is 0.579. The van der Waals surface area contributed by atoms with Crippen molar-refractivity contribution in [1.29, 1.82) is 5.41 Å². The van der Waals surface area contributed by atoms with Gasteiger partial charge in [-0.2, -0.15) is 0 Å². The summed E-state index contributed by atoms with van der Waals surface area (Å²) >= 11 is 0. The molecule has 9 rings (SSSR count). The minimum Gasteiger partial charge on any atom is -0.456 e. The van der Waals surface area contributed by atoms with Crippen LogP contribution in [0.3, 0.4) is 0 Å². The molecule has 0 radical (unpaired) electrons. The number of para-hydroxylation sites is 3. The van der Waals surface area contributed by atoms with E-state index in [1.54, 1.807) is 0 Å². The fraction of sp³-hybridized carbons (Fsp3) is 0. The zero-order chi connectivity index (χ0) is 33.4. The average Bonchev–Trinajstić information content (AvgIpc) is 3.71. The normalized spacial score (nSPS) is 12.1. The van der Waals surface area contributed by atoms with E-state index in [0.717, 1.165) is 66.1 Å². The van der Waals surface area contributed by atoms with Crippen molar-refractivity contribution in [3.05, 3.63) is 187 Å². The Balaban J connectivity index is 1.15. The molecule has 50 heavy (non-hydrogen) atoms. The third-order valence-corrected chi connectivity index (χ3v) is 9.17. The highest BCUT2D eigenvalue weighted by molar-refractivity contribution is 6.19. The fourth-order valence-electron chi connectivity index (χ4n) is 6.77. The maximum Gasteiger partial charge on any atom is 0.161 e. The van der Waals surface area contributed by atoms with Gasteiger partial charge < -0.3 is 8.98 Å². The summed E-state index contributed by atoms with van der Waals surface area (Å²) < 4.78 is 8.54. The lowest BCUT2D eigenvalue weighted by atomic mass is 10.0. The number of hydrogen-bond donors (Lipinski definition) is 1. The molecule has 0 aliphatic carbocycles. The Hall–Kier alpha value is -6.85. The van der Waals surface area contributed by atoms with E-state index in [9.17, 15) is 5.41 Å². The number of fused-ring (bicyclic) bond motifs is 6. The second-order valence-corrected chi connectivity index (χ2v) is 12.2. The van der Waals surface area contributed by atoms with E-state index in [4.69, 9.17) is 14.4 Å². The quantitative estimate of drug-likeness (QED) is 0.147. The molecule has 0 fully saturated rings. The van der Waals surface area contributed by atoms with Crippen molar-refractivity contribution in [3.63, 3.8) is 0 Å². The van der Waals surface area contributed by atoms with Gasteiger partial charge in [-0.1, -0.05) is 133 Å². The van der Waals surface area contributed by atoms with Crippen molar-refractivity contribution >= 4 is 61.6 Å². The van der Waals surface area contributed by atoms with Gasteiger partial charge in [0.15, 0.2) is 11.7 Å². The monoisotopic (exact) mass is 642 g/mol.